The SMILES string of the molecule is CC(C)NC(=O)CCNC(=O)C1CCCN1C(=O)c1ccccc1OC(F)F. The molecule has 0 spiro atoms. The molecule has 0 radical (unpaired) electrons. The van der Waals surface area contributed by atoms with Crippen LogP contribution >= 0.6 is 0 Å². The number of rotatable bonds is 8. The number of nitrogens with one attached hydrogen (secondary N) is 2. The highest BCUT2D eigenvalue weighted by molar-refractivity contribution is 6.00. The van der Waals surface area contributed by atoms with Crippen LogP contribution in [0.4, 0.5) is 8.78 Å². The van der Waals surface area contributed by atoms with E-state index in [0.29, 0.717) is 19.4 Å². The highest BCUT2D eigenvalue weighted by Gasteiger charge is 2.35. The molecule has 1 saturated heterocycles. The number of para-hydroxylation sites is 1. The Morgan fingerprint density at radius 1 is 1.25 bits per heavy atom. The van der Waals surface area contributed by atoms with Gasteiger partial charge < -0.3 is 20.3 Å². The van der Waals surface area contributed by atoms with Crippen LogP contribution in [0.5, 0.6) is 5.75 Å². The van der Waals surface area contributed by atoms with Gasteiger partial charge in [0.15, 0.2) is 0 Å². The van der Waals surface area contributed by atoms with Gasteiger partial charge >= 0.3 is 6.61 Å². The highest BCUT2D eigenvalue weighted by Crippen LogP contribution is 2.26. The van der Waals surface area contributed by atoms with E-state index in [-0.39, 0.29) is 42.1 Å². The third kappa shape index (κ3) is 5.90. The first kappa shape index (κ1) is 21.6. The summed E-state index contributed by atoms with van der Waals surface area (Å²) in [4.78, 5) is 38.3. The number of amides is 3. The maximum atomic E-state index is 12.8. The van der Waals surface area contributed by atoms with Gasteiger partial charge in [0.1, 0.15) is 11.8 Å². The van der Waals surface area contributed by atoms with Crippen LogP contribution in [0.15, 0.2) is 24.3 Å². The number of alkyl halides is 2. The molecule has 0 aliphatic carbocycles. The van der Waals surface area contributed by atoms with E-state index < -0.39 is 18.6 Å². The fourth-order valence-corrected chi connectivity index (χ4v) is 3.09. The predicted octanol–water partition coefficient (Wildman–Crippen LogP) is 1.92. The first-order chi connectivity index (χ1) is 13.3. The van der Waals surface area contributed by atoms with Crippen LogP contribution < -0.4 is 15.4 Å². The van der Waals surface area contributed by atoms with Crippen molar-refractivity contribution in [2.24, 2.45) is 0 Å². The minimum atomic E-state index is -3.05. The second-order valence-corrected chi connectivity index (χ2v) is 6.79. The quantitative estimate of drug-likeness (QED) is 0.702. The van der Waals surface area contributed by atoms with Crippen LogP contribution in [0.2, 0.25) is 0 Å². The average molecular weight is 397 g/mol. The van der Waals surface area contributed by atoms with Gasteiger partial charge in [-0.15, -0.1) is 0 Å². The van der Waals surface area contributed by atoms with E-state index in [0.717, 1.165) is 0 Å². The van der Waals surface area contributed by atoms with Gasteiger partial charge in [0, 0.05) is 25.6 Å². The zero-order valence-electron chi connectivity index (χ0n) is 15.9. The highest BCUT2D eigenvalue weighted by atomic mass is 19.3. The van der Waals surface area contributed by atoms with E-state index in [9.17, 15) is 23.2 Å². The van der Waals surface area contributed by atoms with Gasteiger partial charge in [-0.05, 0) is 38.8 Å². The molecule has 9 heteroatoms. The molecule has 1 aliphatic rings. The van der Waals surface area contributed by atoms with E-state index in [2.05, 4.69) is 15.4 Å². The predicted molar refractivity (Wildman–Crippen MR) is 98.0 cm³/mol. The van der Waals surface area contributed by atoms with E-state index in [1.54, 1.807) is 6.07 Å². The lowest BCUT2D eigenvalue weighted by atomic mass is 10.1. The average Bonchev–Trinajstić information content (AvgIpc) is 3.10. The van der Waals surface area contributed by atoms with Gasteiger partial charge in [-0.3, -0.25) is 14.4 Å². The summed E-state index contributed by atoms with van der Waals surface area (Å²) in [5.41, 5.74) is -0.0150. The lowest BCUT2D eigenvalue weighted by Crippen LogP contribution is -2.46. The topological polar surface area (TPSA) is 87.7 Å². The summed E-state index contributed by atoms with van der Waals surface area (Å²) in [6.45, 7) is 1.13. The van der Waals surface area contributed by atoms with E-state index in [4.69, 9.17) is 0 Å². The van der Waals surface area contributed by atoms with Crippen molar-refractivity contribution in [3.63, 3.8) is 0 Å². The lowest BCUT2D eigenvalue weighted by molar-refractivity contribution is -0.125. The van der Waals surface area contributed by atoms with Crippen molar-refractivity contribution in [2.75, 3.05) is 13.1 Å². The normalized spacial score (nSPS) is 16.4. The number of nitrogens with zero attached hydrogens (tertiary/aromatic N) is 1. The summed E-state index contributed by atoms with van der Waals surface area (Å²) < 4.78 is 29.6. The molecule has 2 N–H and O–H groups in total. The third-order valence-corrected chi connectivity index (χ3v) is 4.25. The van der Waals surface area contributed by atoms with Crippen LogP contribution in [0.25, 0.3) is 0 Å². The number of halogens is 2. The monoisotopic (exact) mass is 397 g/mol. The molecule has 28 heavy (non-hydrogen) atoms. The fraction of sp³-hybridized carbons (Fsp3) is 0.526. The zero-order valence-corrected chi connectivity index (χ0v) is 15.9. The van der Waals surface area contributed by atoms with Crippen LogP contribution in [0.1, 0.15) is 43.5 Å². The molecule has 1 aliphatic heterocycles. The lowest BCUT2D eigenvalue weighted by Gasteiger charge is -2.25. The van der Waals surface area contributed by atoms with Crippen LogP contribution in [0, 0.1) is 0 Å². The van der Waals surface area contributed by atoms with Crippen molar-refractivity contribution in [1.82, 2.24) is 15.5 Å². The van der Waals surface area contributed by atoms with Crippen molar-refractivity contribution in [3.8, 4) is 5.75 Å². The van der Waals surface area contributed by atoms with Crippen LogP contribution in [-0.4, -0.2) is 54.4 Å². The molecule has 1 unspecified atom stereocenters. The summed E-state index contributed by atoms with van der Waals surface area (Å²) in [6.07, 6.45) is 1.22. The molecular weight excluding hydrogens is 372 g/mol. The van der Waals surface area contributed by atoms with Gasteiger partial charge in [-0.2, -0.15) is 8.78 Å². The Kier molecular flexibility index (Phi) is 7.71. The van der Waals surface area contributed by atoms with Crippen molar-refractivity contribution < 1.29 is 27.9 Å². The molecule has 0 bridgehead atoms. The molecule has 1 aromatic rings. The van der Waals surface area contributed by atoms with E-state index in [1.165, 1.54) is 23.1 Å². The number of likely N-dealkylation sites (tertiary alicyclic amines) is 1. The number of benzene rings is 1. The minimum absolute atomic E-state index is 0.0150. The molecule has 1 atom stereocenters. The number of carbonyl (C=O) groups is 3. The second kappa shape index (κ2) is 10.0. The second-order valence-electron chi connectivity index (χ2n) is 6.79. The molecule has 0 aromatic heterocycles. The molecule has 0 saturated carbocycles. The maximum absolute atomic E-state index is 12.8. The summed E-state index contributed by atoms with van der Waals surface area (Å²) >= 11 is 0. The summed E-state index contributed by atoms with van der Waals surface area (Å²) in [5.74, 6) is -1.30. The van der Waals surface area contributed by atoms with E-state index in [1.807, 2.05) is 13.8 Å². The zero-order chi connectivity index (χ0) is 20.7. The smallest absolute Gasteiger partial charge is 0.387 e. The summed E-state index contributed by atoms with van der Waals surface area (Å²) in [7, 11) is 0. The van der Waals surface area contributed by atoms with Gasteiger partial charge in [-0.25, -0.2) is 0 Å². The number of hydrogen-bond donors (Lipinski definition) is 2. The molecule has 154 valence electrons. The Balaban J connectivity index is 1.99. The first-order valence-corrected chi connectivity index (χ1v) is 9.21. The maximum Gasteiger partial charge on any atom is 0.387 e. The molecule has 3 amide bonds. The fourth-order valence-electron chi connectivity index (χ4n) is 3.09. The third-order valence-electron chi connectivity index (χ3n) is 4.25. The first-order valence-electron chi connectivity index (χ1n) is 9.21. The van der Waals surface area contributed by atoms with Gasteiger partial charge in [0.2, 0.25) is 11.8 Å². The van der Waals surface area contributed by atoms with Crippen molar-refractivity contribution in [2.45, 2.75) is 51.8 Å². The summed E-state index contributed by atoms with van der Waals surface area (Å²) in [5, 5.41) is 5.39. The number of hydrogen-bond acceptors (Lipinski definition) is 4. The number of carbonyl (C=O) groups excluding carboxylic acids is 3. The standard InChI is InChI=1S/C19H25F2N3O4/c1-12(2)23-16(25)9-10-22-17(26)14-7-5-11-24(14)18(27)13-6-3-4-8-15(13)28-19(20)21/h3-4,6,8,12,14,19H,5,7,9-11H2,1-2H3,(H,22,26)(H,23,25). The Hall–Kier alpha value is -2.71. The van der Waals surface area contributed by atoms with E-state index >= 15 is 0 Å². The Morgan fingerprint density at radius 2 is 1.96 bits per heavy atom. The molecule has 7 nitrogen and oxygen atoms in total. The van der Waals surface area contributed by atoms with Crippen molar-refractivity contribution in [3.05, 3.63) is 29.8 Å². The van der Waals surface area contributed by atoms with Gasteiger partial charge in [0.25, 0.3) is 5.91 Å². The van der Waals surface area contributed by atoms with Crippen LogP contribution in [0.3, 0.4) is 0 Å². The molecule has 1 fully saturated rings. The Labute approximate surface area is 162 Å². The molecular formula is C19H25F2N3O4. The molecule has 1 aromatic carbocycles. The Morgan fingerprint density at radius 3 is 2.64 bits per heavy atom. The molecule has 2 rings (SSSR count). The Bertz CT molecular complexity index is 712. The largest absolute Gasteiger partial charge is 0.434 e. The van der Waals surface area contributed by atoms with Crippen LogP contribution in [-0.2, 0) is 9.59 Å². The minimum Gasteiger partial charge on any atom is -0.434 e. The molecule has 1 heterocycles. The number of ether oxygens (including phenoxy) is 1. The van der Waals surface area contributed by atoms with Gasteiger partial charge in [-0.1, -0.05) is 12.1 Å². The van der Waals surface area contributed by atoms with Crippen molar-refractivity contribution in [1.29, 1.82) is 0 Å². The summed E-state index contributed by atoms with van der Waals surface area (Å²) in [6, 6.07) is 5.03. The van der Waals surface area contributed by atoms with Gasteiger partial charge in [0.05, 0.1) is 5.56 Å². The van der Waals surface area contributed by atoms with Crippen molar-refractivity contribution >= 4 is 17.7 Å².